The molecule has 3 aromatic rings. The zero-order chi connectivity index (χ0) is 16.0. The average Bonchev–Trinajstić information content (AvgIpc) is 3.09. The Balaban J connectivity index is 0.00000169. The number of aromatic nitrogens is 4. The van der Waals surface area contributed by atoms with Crippen molar-refractivity contribution in [3.8, 4) is 0 Å². The van der Waals surface area contributed by atoms with Crippen molar-refractivity contribution in [2.24, 2.45) is 7.05 Å². The van der Waals surface area contributed by atoms with Gasteiger partial charge in [-0.1, -0.05) is 0 Å². The molecule has 126 valence electrons. The largest absolute Gasteiger partial charge is 0.313 e. The van der Waals surface area contributed by atoms with Crippen LogP contribution in [0, 0.1) is 5.82 Å². The molecule has 0 saturated carbocycles. The summed E-state index contributed by atoms with van der Waals surface area (Å²) in [7, 11) is 1.77. The van der Waals surface area contributed by atoms with Crippen LogP contribution in [0.25, 0.3) is 11.0 Å². The summed E-state index contributed by atoms with van der Waals surface area (Å²) < 4.78 is 15.0. The molecule has 0 bridgehead atoms. The monoisotopic (exact) mass is 350 g/mol. The number of carbonyl (C=O) groups excluding carboxylic acids is 1. The third-order valence-corrected chi connectivity index (χ3v) is 4.09. The highest BCUT2D eigenvalue weighted by Crippen LogP contribution is 2.21. The summed E-state index contributed by atoms with van der Waals surface area (Å²) in [5.41, 5.74) is 3.48. The third-order valence-electron chi connectivity index (χ3n) is 4.09. The Morgan fingerprint density at radius 3 is 3.08 bits per heavy atom. The fraction of sp³-hybridized carbons (Fsp3) is 0.267. The lowest BCUT2D eigenvalue weighted by molar-refractivity contribution is 0.102. The van der Waals surface area contributed by atoms with E-state index >= 15 is 0 Å². The first kappa shape index (κ1) is 16.4. The smallest absolute Gasteiger partial charge is 0.278 e. The van der Waals surface area contributed by atoms with Crippen LogP contribution in [0.1, 0.15) is 21.7 Å². The van der Waals surface area contributed by atoms with Crippen LogP contribution < -0.4 is 10.6 Å². The standard InChI is InChI=1S/C15H15FN6O.ClH/c1-22-12-3-2-8(16)6-11(12)18-15(22)19-14(23)13-9-7-17-5-4-10(9)20-21-13;/h2-3,6,17H,4-5,7H2,1H3,(H,20,21)(H,18,19,23);1H. The molecule has 3 heterocycles. The number of H-pyrrole nitrogens is 1. The van der Waals surface area contributed by atoms with Crippen LogP contribution in [-0.2, 0) is 20.0 Å². The van der Waals surface area contributed by atoms with Crippen LogP contribution in [0.15, 0.2) is 18.2 Å². The molecule has 0 spiro atoms. The number of carbonyl (C=O) groups is 1. The number of nitrogens with zero attached hydrogens (tertiary/aromatic N) is 3. The predicted octanol–water partition coefficient (Wildman–Crippen LogP) is 1.76. The van der Waals surface area contributed by atoms with Crippen LogP contribution in [-0.4, -0.2) is 32.2 Å². The molecule has 2 aromatic heterocycles. The van der Waals surface area contributed by atoms with Gasteiger partial charge < -0.3 is 9.88 Å². The van der Waals surface area contributed by atoms with Gasteiger partial charge >= 0.3 is 0 Å². The highest BCUT2D eigenvalue weighted by molar-refractivity contribution is 6.03. The lowest BCUT2D eigenvalue weighted by atomic mass is 10.1. The van der Waals surface area contributed by atoms with E-state index in [1.165, 1.54) is 12.1 Å². The van der Waals surface area contributed by atoms with E-state index in [4.69, 9.17) is 0 Å². The molecule has 0 atom stereocenters. The molecule has 0 unspecified atom stereocenters. The first-order chi connectivity index (χ1) is 11.1. The maximum Gasteiger partial charge on any atom is 0.278 e. The van der Waals surface area contributed by atoms with Gasteiger partial charge in [0.25, 0.3) is 5.91 Å². The molecular formula is C15H16ClFN6O. The number of fused-ring (bicyclic) bond motifs is 2. The number of imidazole rings is 1. The van der Waals surface area contributed by atoms with E-state index in [1.807, 2.05) is 0 Å². The van der Waals surface area contributed by atoms with E-state index < -0.39 is 0 Å². The van der Waals surface area contributed by atoms with E-state index in [0.29, 0.717) is 23.7 Å². The van der Waals surface area contributed by atoms with Crippen molar-refractivity contribution in [2.75, 3.05) is 11.9 Å². The number of benzene rings is 1. The van der Waals surface area contributed by atoms with E-state index in [9.17, 15) is 9.18 Å². The van der Waals surface area contributed by atoms with Gasteiger partial charge in [0, 0.05) is 43.9 Å². The zero-order valence-corrected chi connectivity index (χ0v) is 13.7. The van der Waals surface area contributed by atoms with Crippen LogP contribution in [0.5, 0.6) is 0 Å². The van der Waals surface area contributed by atoms with Gasteiger partial charge in [-0.05, 0) is 12.1 Å². The molecule has 0 radical (unpaired) electrons. The Kier molecular flexibility index (Phi) is 4.25. The van der Waals surface area contributed by atoms with Gasteiger partial charge in [0.1, 0.15) is 5.82 Å². The molecule has 1 amide bonds. The fourth-order valence-corrected chi connectivity index (χ4v) is 2.86. The summed E-state index contributed by atoms with van der Waals surface area (Å²) in [5, 5.41) is 13.0. The van der Waals surface area contributed by atoms with Crippen molar-refractivity contribution in [1.82, 2.24) is 25.1 Å². The average molecular weight is 351 g/mol. The number of hydrogen-bond donors (Lipinski definition) is 3. The molecule has 1 aromatic carbocycles. The highest BCUT2D eigenvalue weighted by atomic mass is 35.5. The summed E-state index contributed by atoms with van der Waals surface area (Å²) in [5.74, 6) is -0.331. The van der Waals surface area contributed by atoms with Crippen molar-refractivity contribution in [3.05, 3.63) is 41.0 Å². The van der Waals surface area contributed by atoms with Crippen molar-refractivity contribution in [2.45, 2.75) is 13.0 Å². The van der Waals surface area contributed by atoms with Crippen molar-refractivity contribution >= 4 is 35.3 Å². The topological polar surface area (TPSA) is 87.6 Å². The first-order valence-corrected chi connectivity index (χ1v) is 7.33. The van der Waals surface area contributed by atoms with Crippen molar-refractivity contribution in [3.63, 3.8) is 0 Å². The third kappa shape index (κ3) is 2.63. The molecule has 0 saturated heterocycles. The minimum Gasteiger partial charge on any atom is -0.313 e. The lowest BCUT2D eigenvalue weighted by Gasteiger charge is -2.12. The summed E-state index contributed by atoms with van der Waals surface area (Å²) in [6, 6.07) is 4.34. The number of amides is 1. The Labute approximate surface area is 143 Å². The minimum absolute atomic E-state index is 0. The molecule has 1 aliphatic heterocycles. The molecule has 7 nitrogen and oxygen atoms in total. The molecule has 1 aliphatic rings. The van der Waals surface area contributed by atoms with Crippen molar-refractivity contribution < 1.29 is 9.18 Å². The number of aromatic amines is 1. The Morgan fingerprint density at radius 2 is 2.25 bits per heavy atom. The van der Waals surface area contributed by atoms with Crippen LogP contribution in [0.2, 0.25) is 0 Å². The Hall–Kier alpha value is -2.45. The van der Waals surface area contributed by atoms with E-state index in [-0.39, 0.29) is 24.1 Å². The molecule has 0 fully saturated rings. The van der Waals surface area contributed by atoms with Gasteiger partial charge in [-0.15, -0.1) is 12.4 Å². The predicted molar refractivity (Wildman–Crippen MR) is 89.9 cm³/mol. The molecule has 3 N–H and O–H groups in total. The van der Waals surface area contributed by atoms with Gasteiger partial charge in [-0.2, -0.15) is 5.10 Å². The Bertz CT molecular complexity index is 918. The molecule has 0 aliphatic carbocycles. The van der Waals surface area contributed by atoms with Gasteiger partial charge in [0.15, 0.2) is 5.69 Å². The second-order valence-electron chi connectivity index (χ2n) is 5.54. The van der Waals surface area contributed by atoms with Crippen LogP contribution in [0.3, 0.4) is 0 Å². The summed E-state index contributed by atoms with van der Waals surface area (Å²) in [4.78, 5) is 16.8. The SMILES string of the molecule is Cl.Cn1c(NC(=O)c2n[nH]c3c2CNCC3)nc2cc(F)ccc21. The number of hydrogen-bond acceptors (Lipinski definition) is 4. The van der Waals surface area contributed by atoms with Gasteiger partial charge in [0.2, 0.25) is 5.95 Å². The minimum atomic E-state index is -0.360. The number of nitrogens with one attached hydrogen (secondary N) is 3. The van der Waals surface area contributed by atoms with Crippen molar-refractivity contribution in [1.29, 1.82) is 0 Å². The fourth-order valence-electron chi connectivity index (χ4n) is 2.86. The number of rotatable bonds is 2. The maximum atomic E-state index is 13.3. The Morgan fingerprint density at radius 1 is 1.42 bits per heavy atom. The van der Waals surface area contributed by atoms with E-state index in [0.717, 1.165) is 29.7 Å². The zero-order valence-electron chi connectivity index (χ0n) is 12.9. The maximum absolute atomic E-state index is 13.3. The molecule has 24 heavy (non-hydrogen) atoms. The number of anilines is 1. The van der Waals surface area contributed by atoms with Crippen LogP contribution in [0.4, 0.5) is 10.3 Å². The second kappa shape index (κ2) is 6.21. The van der Waals surface area contributed by atoms with Crippen LogP contribution >= 0.6 is 12.4 Å². The lowest BCUT2D eigenvalue weighted by Crippen LogP contribution is -2.25. The van der Waals surface area contributed by atoms with E-state index in [2.05, 4.69) is 25.8 Å². The van der Waals surface area contributed by atoms with Gasteiger partial charge in [0.05, 0.1) is 11.0 Å². The van der Waals surface area contributed by atoms with Gasteiger partial charge in [-0.25, -0.2) is 9.37 Å². The van der Waals surface area contributed by atoms with Gasteiger partial charge in [-0.3, -0.25) is 15.2 Å². The first-order valence-electron chi connectivity index (χ1n) is 7.33. The second-order valence-corrected chi connectivity index (χ2v) is 5.54. The summed E-state index contributed by atoms with van der Waals surface area (Å²) in [6.45, 7) is 1.48. The number of halogens is 2. The molecular weight excluding hydrogens is 335 g/mol. The normalized spacial score (nSPS) is 13.4. The number of aryl methyl sites for hydroxylation is 1. The summed E-state index contributed by atoms with van der Waals surface area (Å²) >= 11 is 0. The quantitative estimate of drug-likeness (QED) is 0.657. The highest BCUT2D eigenvalue weighted by Gasteiger charge is 2.22. The molecule has 9 heteroatoms. The summed E-state index contributed by atoms with van der Waals surface area (Å²) in [6.07, 6.45) is 0.821. The molecule has 4 rings (SSSR count). The van der Waals surface area contributed by atoms with E-state index in [1.54, 1.807) is 17.7 Å².